The number of carbonyl (C=O) groups excluding carboxylic acids is 2. The van der Waals surface area contributed by atoms with Crippen LogP contribution < -0.4 is 0 Å². The number of ether oxygens (including phenoxy) is 1. The van der Waals surface area contributed by atoms with Gasteiger partial charge in [-0.3, -0.25) is 9.59 Å². The van der Waals surface area contributed by atoms with E-state index in [4.69, 9.17) is 4.74 Å². The number of benzene rings is 1. The number of hydrogen-bond acceptors (Lipinski definition) is 3. The van der Waals surface area contributed by atoms with Crippen molar-refractivity contribution in [3.8, 4) is 0 Å². The Balaban J connectivity index is 1.90. The van der Waals surface area contributed by atoms with Crippen LogP contribution in [0, 0.1) is 17.3 Å². The van der Waals surface area contributed by atoms with Gasteiger partial charge in [-0.05, 0) is 19.4 Å². The van der Waals surface area contributed by atoms with E-state index >= 15 is 0 Å². The average molecular weight is 258 g/mol. The molecular formula is C16H18O3. The third-order valence-electron chi connectivity index (χ3n) is 4.55. The summed E-state index contributed by atoms with van der Waals surface area (Å²) in [4.78, 5) is 23.7. The lowest BCUT2D eigenvalue weighted by atomic mass is 9.81. The van der Waals surface area contributed by atoms with Crippen LogP contribution in [0.25, 0.3) is 0 Å². The molecule has 0 heterocycles. The van der Waals surface area contributed by atoms with Gasteiger partial charge in [-0.15, -0.1) is 0 Å². The molecule has 0 bridgehead atoms. The van der Waals surface area contributed by atoms with E-state index in [0.717, 1.165) is 0 Å². The molecule has 3 heteroatoms. The van der Waals surface area contributed by atoms with Crippen LogP contribution in [0.4, 0.5) is 0 Å². The van der Waals surface area contributed by atoms with E-state index in [-0.39, 0.29) is 35.6 Å². The Bertz CT molecular complexity index is 532. The first-order valence-corrected chi connectivity index (χ1v) is 6.71. The Morgan fingerprint density at radius 2 is 1.79 bits per heavy atom. The number of rotatable bonds is 2. The summed E-state index contributed by atoms with van der Waals surface area (Å²) in [5, 5.41) is 0. The van der Waals surface area contributed by atoms with E-state index in [0.29, 0.717) is 0 Å². The van der Waals surface area contributed by atoms with E-state index in [1.54, 1.807) is 0 Å². The molecule has 0 spiro atoms. The van der Waals surface area contributed by atoms with Crippen molar-refractivity contribution >= 4 is 11.8 Å². The first kappa shape index (κ1) is 12.4. The van der Waals surface area contributed by atoms with Crippen LogP contribution in [0.2, 0.25) is 0 Å². The second kappa shape index (κ2) is 3.92. The molecule has 3 rings (SSSR count). The Morgan fingerprint density at radius 1 is 1.16 bits per heavy atom. The Morgan fingerprint density at radius 3 is 2.37 bits per heavy atom. The lowest BCUT2D eigenvalue weighted by Gasteiger charge is -2.29. The molecule has 0 aliphatic heterocycles. The highest BCUT2D eigenvalue weighted by molar-refractivity contribution is 5.95. The molecule has 0 amide bonds. The van der Waals surface area contributed by atoms with Crippen molar-refractivity contribution < 1.29 is 14.3 Å². The number of ketones is 1. The quantitative estimate of drug-likeness (QED) is 0.766. The van der Waals surface area contributed by atoms with Gasteiger partial charge in [0.2, 0.25) is 0 Å². The maximum atomic E-state index is 12.5. The molecule has 19 heavy (non-hydrogen) atoms. The van der Waals surface area contributed by atoms with Gasteiger partial charge in [-0.2, -0.15) is 0 Å². The van der Waals surface area contributed by atoms with Gasteiger partial charge in [-0.1, -0.05) is 30.3 Å². The van der Waals surface area contributed by atoms with Gasteiger partial charge >= 0.3 is 5.97 Å². The summed E-state index contributed by atoms with van der Waals surface area (Å²) in [6.07, 6.45) is -0.285. The minimum absolute atomic E-state index is 0.0294. The van der Waals surface area contributed by atoms with Gasteiger partial charge in [0, 0.05) is 24.7 Å². The second-order valence-electron chi connectivity index (χ2n) is 6.16. The third-order valence-corrected chi connectivity index (χ3v) is 4.55. The van der Waals surface area contributed by atoms with E-state index in [2.05, 4.69) is 0 Å². The smallest absolute Gasteiger partial charge is 0.302 e. The van der Waals surface area contributed by atoms with Crippen LogP contribution in [0.3, 0.4) is 0 Å². The third kappa shape index (κ3) is 1.71. The van der Waals surface area contributed by atoms with E-state index in [1.807, 2.05) is 44.2 Å². The standard InChI is InChI=1S/C16H18O3/c1-9(17)19-15-13-11(10-7-5-4-6-8-10)12(13)14(18)16(15,2)3/h4-8,11-13,15H,1-3H3/t11-,12-,13+,15+/m0/s1. The second-order valence-corrected chi connectivity index (χ2v) is 6.16. The summed E-state index contributed by atoms with van der Waals surface area (Å²) in [7, 11) is 0. The van der Waals surface area contributed by atoms with Crippen molar-refractivity contribution in [2.45, 2.75) is 32.8 Å². The van der Waals surface area contributed by atoms with Gasteiger partial charge in [0.15, 0.2) is 0 Å². The highest BCUT2D eigenvalue weighted by atomic mass is 16.5. The number of hydrogen-bond donors (Lipinski definition) is 0. The highest BCUT2D eigenvalue weighted by Gasteiger charge is 2.71. The van der Waals surface area contributed by atoms with Crippen LogP contribution in [0.5, 0.6) is 0 Å². The lowest BCUT2D eigenvalue weighted by molar-refractivity contribution is -0.154. The largest absolute Gasteiger partial charge is 0.461 e. The van der Waals surface area contributed by atoms with E-state index in [9.17, 15) is 9.59 Å². The zero-order chi connectivity index (χ0) is 13.8. The first-order valence-electron chi connectivity index (χ1n) is 6.71. The molecule has 4 atom stereocenters. The van der Waals surface area contributed by atoms with E-state index in [1.165, 1.54) is 12.5 Å². The SMILES string of the molecule is CC(=O)O[C@@H]1[C@H]2[C@@H](C(=O)C1(C)C)[C@@H]2c1ccccc1. The average Bonchev–Trinajstić information content (AvgIpc) is 3.05. The molecule has 2 saturated carbocycles. The normalized spacial score (nSPS) is 34.8. The molecule has 100 valence electrons. The fourth-order valence-corrected chi connectivity index (χ4v) is 3.61. The van der Waals surface area contributed by atoms with Crippen molar-refractivity contribution in [3.05, 3.63) is 35.9 Å². The van der Waals surface area contributed by atoms with Gasteiger partial charge in [0.1, 0.15) is 11.9 Å². The van der Waals surface area contributed by atoms with Crippen molar-refractivity contribution in [2.24, 2.45) is 17.3 Å². The summed E-state index contributed by atoms with van der Waals surface area (Å²) < 4.78 is 5.44. The van der Waals surface area contributed by atoms with Crippen molar-refractivity contribution in [2.75, 3.05) is 0 Å². The maximum Gasteiger partial charge on any atom is 0.302 e. The summed E-state index contributed by atoms with van der Waals surface area (Å²) in [6, 6.07) is 10.0. The predicted octanol–water partition coefficient (Wildman–Crippen LogP) is 2.56. The fraction of sp³-hybridized carbons (Fsp3) is 0.500. The zero-order valence-electron chi connectivity index (χ0n) is 11.4. The first-order chi connectivity index (χ1) is 8.94. The summed E-state index contributed by atoms with van der Waals surface area (Å²) in [5.74, 6) is 0.351. The number of Topliss-reactive ketones (excluding diaryl/α,β-unsaturated/α-hetero) is 1. The topological polar surface area (TPSA) is 43.4 Å². The monoisotopic (exact) mass is 258 g/mol. The zero-order valence-corrected chi connectivity index (χ0v) is 11.4. The summed E-state index contributed by atoms with van der Waals surface area (Å²) in [5.41, 5.74) is 0.630. The van der Waals surface area contributed by atoms with Gasteiger partial charge < -0.3 is 4.74 Å². The number of carbonyl (C=O) groups is 2. The van der Waals surface area contributed by atoms with Crippen LogP contribution in [-0.4, -0.2) is 17.9 Å². The highest BCUT2D eigenvalue weighted by Crippen LogP contribution is 2.66. The Labute approximate surface area is 113 Å². The minimum atomic E-state index is -0.549. The Hall–Kier alpha value is -1.64. The molecule has 2 aliphatic rings. The molecule has 0 N–H and O–H groups in total. The molecule has 2 aliphatic carbocycles. The van der Waals surface area contributed by atoms with Crippen molar-refractivity contribution in [3.63, 3.8) is 0 Å². The number of fused-ring (bicyclic) bond motifs is 1. The van der Waals surface area contributed by atoms with Gasteiger partial charge in [-0.25, -0.2) is 0 Å². The lowest BCUT2D eigenvalue weighted by Crippen LogP contribution is -2.37. The minimum Gasteiger partial charge on any atom is -0.461 e. The molecule has 2 fully saturated rings. The predicted molar refractivity (Wildman–Crippen MR) is 70.5 cm³/mol. The maximum absolute atomic E-state index is 12.5. The fourth-order valence-electron chi connectivity index (χ4n) is 3.61. The van der Waals surface area contributed by atoms with Crippen LogP contribution >= 0.6 is 0 Å². The van der Waals surface area contributed by atoms with Crippen LogP contribution in [0.1, 0.15) is 32.3 Å². The molecule has 0 aromatic heterocycles. The summed E-state index contributed by atoms with van der Waals surface area (Å²) in [6.45, 7) is 5.18. The molecule has 0 saturated heterocycles. The van der Waals surface area contributed by atoms with Crippen molar-refractivity contribution in [1.82, 2.24) is 0 Å². The molecule has 1 aromatic rings. The Kier molecular flexibility index (Phi) is 2.56. The molecule has 3 nitrogen and oxygen atoms in total. The summed E-state index contributed by atoms with van der Waals surface area (Å²) >= 11 is 0. The van der Waals surface area contributed by atoms with E-state index < -0.39 is 5.41 Å². The number of esters is 1. The molecule has 0 unspecified atom stereocenters. The van der Waals surface area contributed by atoms with Gasteiger partial charge in [0.05, 0.1) is 5.41 Å². The van der Waals surface area contributed by atoms with Crippen molar-refractivity contribution in [1.29, 1.82) is 0 Å². The van der Waals surface area contributed by atoms with Crippen LogP contribution in [-0.2, 0) is 14.3 Å². The molecular weight excluding hydrogens is 240 g/mol. The molecule has 1 aromatic carbocycles. The van der Waals surface area contributed by atoms with Crippen LogP contribution in [0.15, 0.2) is 30.3 Å². The molecule has 0 radical (unpaired) electrons. The van der Waals surface area contributed by atoms with Gasteiger partial charge in [0.25, 0.3) is 0 Å².